The Bertz CT molecular complexity index is 3260. The summed E-state index contributed by atoms with van der Waals surface area (Å²) < 4.78 is 6.30. The van der Waals surface area contributed by atoms with Crippen molar-refractivity contribution in [2.75, 3.05) is 9.80 Å². The van der Waals surface area contributed by atoms with Crippen molar-refractivity contribution in [2.24, 2.45) is 0 Å². The van der Waals surface area contributed by atoms with E-state index in [-0.39, 0.29) is 0 Å². The summed E-state index contributed by atoms with van der Waals surface area (Å²) in [5.74, 6) is 0. The molecule has 1 aromatic heterocycles. The molecule has 3 nitrogen and oxygen atoms in total. The van der Waals surface area contributed by atoms with Crippen molar-refractivity contribution in [3.8, 4) is 11.1 Å². The molecule has 0 atom stereocenters. The van der Waals surface area contributed by atoms with Crippen LogP contribution in [0.2, 0.25) is 0 Å². The summed E-state index contributed by atoms with van der Waals surface area (Å²) in [6.07, 6.45) is 0. The minimum atomic E-state index is 0.907. The van der Waals surface area contributed by atoms with E-state index in [9.17, 15) is 0 Å². The molecule has 57 heavy (non-hydrogen) atoms. The molecule has 0 aliphatic heterocycles. The highest BCUT2D eigenvalue weighted by atomic mass is 16.3. The van der Waals surface area contributed by atoms with E-state index >= 15 is 0 Å². The third-order valence-electron chi connectivity index (χ3n) is 11.1. The van der Waals surface area contributed by atoms with E-state index in [4.69, 9.17) is 4.42 Å². The maximum Gasteiger partial charge on any atom is 0.136 e. The topological polar surface area (TPSA) is 19.6 Å². The van der Waals surface area contributed by atoms with Gasteiger partial charge in [0.05, 0.1) is 0 Å². The Morgan fingerprint density at radius 2 is 0.789 bits per heavy atom. The highest BCUT2D eigenvalue weighted by molar-refractivity contribution is 6.17. The van der Waals surface area contributed by atoms with Gasteiger partial charge in [-0.2, -0.15) is 0 Å². The highest BCUT2D eigenvalue weighted by Crippen LogP contribution is 2.43. The molecule has 0 unspecified atom stereocenters. The largest absolute Gasteiger partial charge is 0.456 e. The maximum absolute atomic E-state index is 6.30. The molecule has 0 saturated carbocycles. The molecule has 1 heterocycles. The van der Waals surface area contributed by atoms with Crippen LogP contribution >= 0.6 is 0 Å². The van der Waals surface area contributed by atoms with Crippen molar-refractivity contribution >= 4 is 88.4 Å². The van der Waals surface area contributed by atoms with Gasteiger partial charge >= 0.3 is 0 Å². The van der Waals surface area contributed by atoms with E-state index in [0.717, 1.165) is 67.0 Å². The smallest absolute Gasteiger partial charge is 0.136 e. The van der Waals surface area contributed by atoms with Gasteiger partial charge < -0.3 is 14.2 Å². The second-order valence-electron chi connectivity index (χ2n) is 14.6. The molecule has 0 fully saturated rings. The maximum atomic E-state index is 6.30. The zero-order chi connectivity index (χ0) is 37.7. The zero-order valence-electron chi connectivity index (χ0n) is 31.1. The lowest BCUT2D eigenvalue weighted by atomic mass is 9.98. The molecular formula is C54H36N2O. The summed E-state index contributed by atoms with van der Waals surface area (Å²) in [5, 5.41) is 9.43. The van der Waals surface area contributed by atoms with Crippen LogP contribution in [0.3, 0.4) is 0 Å². The van der Waals surface area contributed by atoms with Gasteiger partial charge in [-0.1, -0.05) is 133 Å². The van der Waals surface area contributed by atoms with E-state index in [1.807, 2.05) is 12.1 Å². The summed E-state index contributed by atoms with van der Waals surface area (Å²) in [6, 6.07) is 78.4. The fourth-order valence-corrected chi connectivity index (χ4v) is 8.41. The molecular weight excluding hydrogens is 693 g/mol. The van der Waals surface area contributed by atoms with Crippen molar-refractivity contribution in [2.45, 2.75) is 0 Å². The van der Waals surface area contributed by atoms with Crippen LogP contribution in [-0.2, 0) is 0 Å². The lowest BCUT2D eigenvalue weighted by molar-refractivity contribution is 0.669. The van der Waals surface area contributed by atoms with E-state index in [1.165, 1.54) is 32.5 Å². The average Bonchev–Trinajstić information content (AvgIpc) is 3.64. The molecule has 11 aromatic rings. The molecule has 0 aliphatic carbocycles. The van der Waals surface area contributed by atoms with E-state index < -0.39 is 0 Å². The Labute approximate surface area is 330 Å². The summed E-state index contributed by atoms with van der Waals surface area (Å²) in [7, 11) is 0. The van der Waals surface area contributed by atoms with Gasteiger partial charge in [0.25, 0.3) is 0 Å². The monoisotopic (exact) mass is 728 g/mol. The molecule has 0 spiro atoms. The minimum Gasteiger partial charge on any atom is -0.456 e. The van der Waals surface area contributed by atoms with Crippen LogP contribution < -0.4 is 9.80 Å². The van der Waals surface area contributed by atoms with Crippen molar-refractivity contribution in [1.82, 2.24) is 0 Å². The third kappa shape index (κ3) is 5.85. The predicted molar refractivity (Wildman–Crippen MR) is 241 cm³/mol. The van der Waals surface area contributed by atoms with Crippen molar-refractivity contribution in [3.63, 3.8) is 0 Å². The zero-order valence-corrected chi connectivity index (χ0v) is 31.1. The summed E-state index contributed by atoms with van der Waals surface area (Å²) in [6.45, 7) is 0. The van der Waals surface area contributed by atoms with Gasteiger partial charge in [-0.05, 0) is 128 Å². The van der Waals surface area contributed by atoms with Gasteiger partial charge in [-0.25, -0.2) is 0 Å². The molecule has 3 heteroatoms. The van der Waals surface area contributed by atoms with Gasteiger partial charge in [0, 0.05) is 44.9 Å². The third-order valence-corrected chi connectivity index (χ3v) is 11.1. The Morgan fingerprint density at radius 1 is 0.246 bits per heavy atom. The number of benzene rings is 10. The molecule has 0 aliphatic rings. The number of hydrogen-bond donors (Lipinski definition) is 0. The SMILES string of the molecule is c1ccc(-c2cccc(N(c3cccc(N(c4ccccc4)c4ccc5ccccc5c4)c3)c3ccc4ccc5cc6oc7ccccc7c6cc5c4c3)c2)cc1. The van der Waals surface area contributed by atoms with E-state index in [1.54, 1.807) is 0 Å². The van der Waals surface area contributed by atoms with Crippen molar-refractivity contribution < 1.29 is 4.42 Å². The van der Waals surface area contributed by atoms with E-state index in [0.29, 0.717) is 0 Å². The van der Waals surface area contributed by atoms with Crippen molar-refractivity contribution in [1.29, 1.82) is 0 Å². The van der Waals surface area contributed by atoms with Crippen LogP contribution in [0.4, 0.5) is 34.1 Å². The normalized spacial score (nSPS) is 11.5. The fraction of sp³-hybridized carbons (Fsp3) is 0. The van der Waals surface area contributed by atoms with Gasteiger partial charge in [-0.15, -0.1) is 0 Å². The van der Waals surface area contributed by atoms with Gasteiger partial charge in [-0.3, -0.25) is 0 Å². The molecule has 268 valence electrons. The molecule has 0 N–H and O–H groups in total. The number of hydrogen-bond acceptors (Lipinski definition) is 3. The standard InChI is InChI=1S/C54H36N2O/c1-3-13-37(14-4-1)41-17-11-20-44(31-41)56(48-30-28-39-25-26-42-33-54-52(36-51(42)50(39)35-48)49-23-9-10-24-53(49)57-54)46-22-12-21-45(34-46)55(43-18-5-2-6-19-43)47-29-27-38-15-7-8-16-40(38)32-47/h1-36H. The molecule has 0 saturated heterocycles. The minimum absolute atomic E-state index is 0.907. The van der Waals surface area contributed by atoms with Gasteiger partial charge in [0.15, 0.2) is 0 Å². The van der Waals surface area contributed by atoms with Crippen LogP contribution in [-0.4, -0.2) is 0 Å². The number of nitrogens with zero attached hydrogens (tertiary/aromatic N) is 2. The fourth-order valence-electron chi connectivity index (χ4n) is 8.41. The number of anilines is 6. The number of furan rings is 1. The van der Waals surface area contributed by atoms with Gasteiger partial charge in [0.1, 0.15) is 11.2 Å². The quantitative estimate of drug-likeness (QED) is 0.152. The lowest BCUT2D eigenvalue weighted by Gasteiger charge is -2.30. The van der Waals surface area contributed by atoms with Crippen LogP contribution in [0.1, 0.15) is 0 Å². The summed E-state index contributed by atoms with van der Waals surface area (Å²) >= 11 is 0. The Morgan fingerprint density at radius 3 is 1.61 bits per heavy atom. The molecule has 10 aromatic carbocycles. The van der Waals surface area contributed by atoms with E-state index in [2.05, 4.69) is 216 Å². The van der Waals surface area contributed by atoms with Gasteiger partial charge in [0.2, 0.25) is 0 Å². The molecule has 11 rings (SSSR count). The molecule has 0 amide bonds. The summed E-state index contributed by atoms with van der Waals surface area (Å²) in [4.78, 5) is 4.74. The number of para-hydroxylation sites is 2. The van der Waals surface area contributed by atoms with Crippen LogP contribution in [0, 0.1) is 0 Å². The van der Waals surface area contributed by atoms with Crippen molar-refractivity contribution in [3.05, 3.63) is 218 Å². The first-order valence-electron chi connectivity index (χ1n) is 19.4. The summed E-state index contributed by atoms with van der Waals surface area (Å²) in [5.41, 5.74) is 10.6. The lowest BCUT2D eigenvalue weighted by Crippen LogP contribution is -2.13. The molecule has 0 bridgehead atoms. The second-order valence-corrected chi connectivity index (χ2v) is 14.6. The van der Waals surface area contributed by atoms with Crippen LogP contribution in [0.25, 0.3) is 65.4 Å². The van der Waals surface area contributed by atoms with Crippen LogP contribution in [0.5, 0.6) is 0 Å². The van der Waals surface area contributed by atoms with Crippen LogP contribution in [0.15, 0.2) is 223 Å². The highest BCUT2D eigenvalue weighted by Gasteiger charge is 2.19. The first-order chi connectivity index (χ1) is 28.2. The first kappa shape index (κ1) is 32.8. The Hall–Kier alpha value is -7.62. The Balaban J connectivity index is 1.12. The first-order valence-corrected chi connectivity index (χ1v) is 19.4. The predicted octanol–water partition coefficient (Wildman–Crippen LogP) is 15.7. The Kier molecular flexibility index (Phi) is 7.82. The average molecular weight is 729 g/mol. The number of fused-ring (bicyclic) bond motifs is 7. The second kappa shape index (κ2) is 13.6. The number of rotatable bonds is 7. The molecule has 0 radical (unpaired) electrons.